The minimum atomic E-state index is -0.694. The van der Waals surface area contributed by atoms with Gasteiger partial charge >= 0.3 is 20.1 Å². The molecule has 35 heavy (non-hydrogen) atoms. The Hall–Kier alpha value is -3.62. The molecule has 0 aliphatic carbocycles. The van der Waals surface area contributed by atoms with Crippen molar-refractivity contribution in [3.8, 4) is 33.8 Å². The van der Waals surface area contributed by atoms with Crippen molar-refractivity contribution in [1.29, 1.82) is 0 Å². The molecule has 10 heteroatoms. The van der Waals surface area contributed by atoms with Crippen LogP contribution in [-0.4, -0.2) is 24.1 Å². The summed E-state index contributed by atoms with van der Waals surface area (Å²) in [5.74, 6) is -2.67. The average molecular weight is 657 g/mol. The fourth-order valence-electron chi connectivity index (χ4n) is 3.11. The average Bonchev–Trinajstić information content (AvgIpc) is 3.43. The molecule has 0 N–H and O–H groups in total. The molecule has 3 aromatic heterocycles. The number of halogens is 4. The van der Waals surface area contributed by atoms with Gasteiger partial charge in [0.15, 0.2) is 0 Å². The summed E-state index contributed by atoms with van der Waals surface area (Å²) in [4.78, 5) is 12.1. The standard InChI is InChI=1S/C14H11F2N4.C11H6F2N.Ir.H/c1-19-5-13(17-7-19)9-3-10(12(16)4-11(9)15)14-6-20(2)8-18-14;12-8-4-5-9(10(13)7-8)11-3-1-2-6-14-11;;/h4-8H,1-2H3;1-4,6-7H;;/q2*-1;+2;. The van der Waals surface area contributed by atoms with Gasteiger partial charge in [-0.15, -0.1) is 18.2 Å². The number of benzene rings is 2. The molecular weight excluding hydrogens is 639 g/mol. The van der Waals surface area contributed by atoms with Crippen LogP contribution in [0.25, 0.3) is 33.8 Å². The Morgan fingerprint density at radius 1 is 0.714 bits per heavy atom. The molecule has 0 unspecified atom stereocenters. The molecule has 0 saturated carbocycles. The van der Waals surface area contributed by atoms with E-state index in [-0.39, 0.29) is 36.8 Å². The van der Waals surface area contributed by atoms with E-state index in [4.69, 9.17) is 0 Å². The molecule has 0 saturated heterocycles. The molecule has 5 rings (SSSR count). The molecular formula is C25H18F4IrN5. The van der Waals surface area contributed by atoms with Crippen LogP contribution in [0.5, 0.6) is 0 Å². The van der Waals surface area contributed by atoms with Gasteiger partial charge in [-0.25, -0.2) is 0 Å². The van der Waals surface area contributed by atoms with Crippen LogP contribution in [0.15, 0.2) is 67.6 Å². The fraction of sp³-hybridized carbons (Fsp3) is 0.0800. The van der Waals surface area contributed by atoms with Crippen molar-refractivity contribution < 1.29 is 37.7 Å². The molecule has 0 fully saturated rings. The third-order valence-corrected chi connectivity index (χ3v) is 4.68. The van der Waals surface area contributed by atoms with Crippen LogP contribution >= 0.6 is 0 Å². The van der Waals surface area contributed by atoms with Crippen molar-refractivity contribution in [3.63, 3.8) is 0 Å². The number of nitrogens with zero attached hydrogens (tertiary/aromatic N) is 5. The third kappa shape index (κ3) is 6.09. The van der Waals surface area contributed by atoms with E-state index in [0.29, 0.717) is 17.1 Å². The Kier molecular flexibility index (Phi) is 8.32. The Morgan fingerprint density at radius 2 is 1.29 bits per heavy atom. The molecule has 5 aromatic rings. The van der Waals surface area contributed by atoms with Crippen molar-refractivity contribution in [2.24, 2.45) is 14.1 Å². The van der Waals surface area contributed by atoms with Crippen LogP contribution in [0.3, 0.4) is 0 Å². The zero-order valence-corrected chi connectivity index (χ0v) is 21.0. The summed E-state index contributed by atoms with van der Waals surface area (Å²) in [5.41, 5.74) is 1.71. The number of hydrogen-bond acceptors (Lipinski definition) is 3. The second kappa shape index (κ2) is 11.2. The van der Waals surface area contributed by atoms with Crippen molar-refractivity contribution >= 4 is 0 Å². The molecule has 180 valence electrons. The van der Waals surface area contributed by atoms with E-state index in [1.165, 1.54) is 0 Å². The summed E-state index contributed by atoms with van der Waals surface area (Å²) >= 11 is 0. The SMILES string of the molecule is Cn1cnc(-c2[c-]c(-c3cn(C)cn3)c(F)cc2F)c1.Fc1c[c-]c(-c2ccccn2)c(F)c1.[IrH+2]. The second-order valence-corrected chi connectivity index (χ2v) is 7.32. The van der Waals surface area contributed by atoms with Crippen LogP contribution in [0.1, 0.15) is 0 Å². The number of aryl methyl sites for hydroxylation is 2. The molecule has 0 aliphatic heterocycles. The predicted octanol–water partition coefficient (Wildman–Crippen LogP) is 5.12. The molecule has 5 nitrogen and oxygen atoms in total. The van der Waals surface area contributed by atoms with Gasteiger partial charge in [0.25, 0.3) is 0 Å². The molecule has 0 bridgehead atoms. The predicted molar refractivity (Wildman–Crippen MR) is 119 cm³/mol. The van der Waals surface area contributed by atoms with Crippen molar-refractivity contribution in [2.75, 3.05) is 0 Å². The summed E-state index contributed by atoms with van der Waals surface area (Å²) in [6, 6.07) is 13.1. The van der Waals surface area contributed by atoms with Crippen LogP contribution < -0.4 is 0 Å². The monoisotopic (exact) mass is 657 g/mol. The van der Waals surface area contributed by atoms with Crippen molar-refractivity contribution in [3.05, 3.63) is 103 Å². The maximum atomic E-state index is 13.9. The van der Waals surface area contributed by atoms with E-state index in [1.54, 1.807) is 72.7 Å². The summed E-state index contributed by atoms with van der Waals surface area (Å²) < 4.78 is 57.0. The quantitative estimate of drug-likeness (QED) is 0.200. The molecule has 2 aromatic carbocycles. The first kappa shape index (κ1) is 26.0. The van der Waals surface area contributed by atoms with Crippen LogP contribution in [0.2, 0.25) is 0 Å². The Labute approximate surface area is 212 Å². The van der Waals surface area contributed by atoms with Gasteiger partial charge in [0.05, 0.1) is 24.3 Å². The molecule has 0 spiro atoms. The molecule has 0 atom stereocenters. The molecule has 1 radical (unpaired) electrons. The molecule has 0 aliphatic rings. The van der Waals surface area contributed by atoms with Crippen LogP contribution in [0.4, 0.5) is 17.6 Å². The van der Waals surface area contributed by atoms with Gasteiger partial charge in [-0.1, -0.05) is 41.0 Å². The van der Waals surface area contributed by atoms with Crippen molar-refractivity contribution in [1.82, 2.24) is 24.1 Å². The van der Waals surface area contributed by atoms with E-state index in [0.717, 1.165) is 18.2 Å². The van der Waals surface area contributed by atoms with Gasteiger partial charge in [-0.2, -0.15) is 0 Å². The summed E-state index contributed by atoms with van der Waals surface area (Å²) in [6.45, 7) is 0. The van der Waals surface area contributed by atoms with Gasteiger partial charge in [0.2, 0.25) is 0 Å². The zero-order chi connectivity index (χ0) is 24.2. The molecule has 0 amide bonds. The van der Waals surface area contributed by atoms with Gasteiger partial charge < -0.3 is 14.1 Å². The normalized spacial score (nSPS) is 10.3. The van der Waals surface area contributed by atoms with Crippen molar-refractivity contribution in [2.45, 2.75) is 0 Å². The van der Waals surface area contributed by atoms with Crippen LogP contribution in [-0.2, 0) is 34.2 Å². The second-order valence-electron chi connectivity index (χ2n) is 7.32. The number of pyridine rings is 1. The first-order valence-corrected chi connectivity index (χ1v) is 9.98. The fourth-order valence-corrected chi connectivity index (χ4v) is 3.11. The number of aromatic nitrogens is 5. The Morgan fingerprint density at radius 3 is 1.74 bits per heavy atom. The Bertz CT molecular complexity index is 1370. The van der Waals surface area contributed by atoms with E-state index in [9.17, 15) is 17.6 Å². The maximum absolute atomic E-state index is 13.9. The van der Waals surface area contributed by atoms with E-state index >= 15 is 0 Å². The first-order chi connectivity index (χ1) is 16.3. The molecule has 3 heterocycles. The van der Waals surface area contributed by atoms with E-state index in [1.807, 2.05) is 0 Å². The van der Waals surface area contributed by atoms with Gasteiger partial charge in [-0.05, 0) is 24.2 Å². The van der Waals surface area contributed by atoms with Gasteiger partial charge in [-0.3, -0.25) is 27.5 Å². The summed E-state index contributed by atoms with van der Waals surface area (Å²) in [7, 11) is 3.55. The first-order valence-electron chi connectivity index (χ1n) is 9.98. The summed E-state index contributed by atoms with van der Waals surface area (Å²) in [6.07, 6.45) is 7.94. The number of imidazole rings is 2. The zero-order valence-electron chi connectivity index (χ0n) is 18.5. The Balaban J connectivity index is 0.000000202. The van der Waals surface area contributed by atoms with E-state index in [2.05, 4.69) is 27.1 Å². The third-order valence-electron chi connectivity index (χ3n) is 4.68. The minimum absolute atomic E-state index is 0. The van der Waals surface area contributed by atoms with E-state index < -0.39 is 23.3 Å². The number of rotatable bonds is 3. The topological polar surface area (TPSA) is 48.5 Å². The van der Waals surface area contributed by atoms with Gasteiger partial charge in [0.1, 0.15) is 0 Å². The van der Waals surface area contributed by atoms with Crippen LogP contribution in [0, 0.1) is 35.4 Å². The number of hydrogen-bond donors (Lipinski definition) is 0. The summed E-state index contributed by atoms with van der Waals surface area (Å²) in [5, 5.41) is 0. The van der Waals surface area contributed by atoms with Gasteiger partial charge in [0, 0.05) is 43.3 Å².